The van der Waals surface area contributed by atoms with Crippen molar-refractivity contribution in [2.45, 2.75) is 62.8 Å². The lowest BCUT2D eigenvalue weighted by atomic mass is 10.1. The van der Waals surface area contributed by atoms with Gasteiger partial charge in [-0.1, -0.05) is 12.8 Å². The molecule has 0 radical (unpaired) electrons. The fourth-order valence-corrected chi connectivity index (χ4v) is 3.87. The van der Waals surface area contributed by atoms with Gasteiger partial charge >= 0.3 is 5.97 Å². The van der Waals surface area contributed by atoms with Crippen LogP contribution in [-0.2, 0) is 14.4 Å². The monoisotopic (exact) mass is 296 g/mol. The largest absolute Gasteiger partial charge is 0.480 e. The van der Waals surface area contributed by atoms with Crippen LogP contribution < -0.4 is 0 Å². The maximum absolute atomic E-state index is 12.6. The number of hydrogen-bond donors (Lipinski definition) is 2. The van der Waals surface area contributed by atoms with Crippen molar-refractivity contribution < 1.29 is 24.6 Å². The molecule has 116 valence electrons. The average molecular weight is 296 g/mol. The van der Waals surface area contributed by atoms with Gasteiger partial charge in [-0.15, -0.1) is 0 Å². The highest BCUT2D eigenvalue weighted by Gasteiger charge is 2.50. The van der Waals surface area contributed by atoms with Crippen LogP contribution in [0.3, 0.4) is 0 Å². The van der Waals surface area contributed by atoms with E-state index in [1.807, 2.05) is 0 Å². The second-order valence-corrected chi connectivity index (χ2v) is 6.20. The SMILES string of the molecule is O=C(O)C1CC(O)CN1C1CC(=O)N(C2CCCC2)C1=O. The lowest BCUT2D eigenvalue weighted by Crippen LogP contribution is -2.48. The number of hydrogen-bond acceptors (Lipinski definition) is 5. The fraction of sp³-hybridized carbons (Fsp3) is 0.786. The number of aliphatic hydroxyl groups excluding tert-OH is 1. The molecule has 0 aromatic carbocycles. The van der Waals surface area contributed by atoms with Crippen LogP contribution in [0, 0.1) is 0 Å². The smallest absolute Gasteiger partial charge is 0.321 e. The van der Waals surface area contributed by atoms with Gasteiger partial charge in [0.1, 0.15) is 6.04 Å². The minimum absolute atomic E-state index is 0.0224. The average Bonchev–Trinajstić information content (AvgIpc) is 3.09. The molecule has 3 atom stereocenters. The molecule has 3 unspecified atom stereocenters. The van der Waals surface area contributed by atoms with E-state index in [0.717, 1.165) is 25.7 Å². The second-order valence-electron chi connectivity index (χ2n) is 6.20. The summed E-state index contributed by atoms with van der Waals surface area (Å²) in [6.07, 6.45) is 3.11. The third-order valence-electron chi connectivity index (χ3n) is 4.85. The Bertz CT molecular complexity index is 474. The molecule has 3 rings (SSSR count). The maximum Gasteiger partial charge on any atom is 0.321 e. The third kappa shape index (κ3) is 2.44. The van der Waals surface area contributed by atoms with E-state index in [-0.39, 0.29) is 37.2 Å². The van der Waals surface area contributed by atoms with Crippen molar-refractivity contribution in [2.75, 3.05) is 6.54 Å². The molecule has 0 aromatic rings. The number of nitrogens with zero attached hydrogens (tertiary/aromatic N) is 2. The van der Waals surface area contributed by atoms with E-state index in [1.165, 1.54) is 9.80 Å². The highest BCUT2D eigenvalue weighted by Crippen LogP contribution is 2.32. The van der Waals surface area contributed by atoms with Crippen LogP contribution in [0.25, 0.3) is 0 Å². The van der Waals surface area contributed by atoms with Crippen molar-refractivity contribution >= 4 is 17.8 Å². The standard InChI is InChI=1S/C14H20N2O5/c17-9-5-11(14(20)21)15(7-9)10-6-12(18)16(13(10)19)8-3-1-2-4-8/h8-11,17H,1-7H2,(H,20,21). The highest BCUT2D eigenvalue weighted by molar-refractivity contribution is 6.06. The van der Waals surface area contributed by atoms with Crippen molar-refractivity contribution in [3.05, 3.63) is 0 Å². The first-order chi connectivity index (χ1) is 9.99. The van der Waals surface area contributed by atoms with Gasteiger partial charge in [0.15, 0.2) is 0 Å². The molecule has 3 fully saturated rings. The number of aliphatic hydroxyl groups is 1. The van der Waals surface area contributed by atoms with Gasteiger partial charge in [0.05, 0.1) is 18.6 Å². The highest BCUT2D eigenvalue weighted by atomic mass is 16.4. The topological polar surface area (TPSA) is 98.2 Å². The van der Waals surface area contributed by atoms with Crippen LogP contribution in [0.4, 0.5) is 0 Å². The van der Waals surface area contributed by atoms with Gasteiger partial charge in [-0.25, -0.2) is 0 Å². The van der Waals surface area contributed by atoms with E-state index < -0.39 is 24.2 Å². The van der Waals surface area contributed by atoms with Crippen molar-refractivity contribution in [3.8, 4) is 0 Å². The van der Waals surface area contributed by atoms with Gasteiger partial charge in [-0.2, -0.15) is 0 Å². The molecular weight excluding hydrogens is 276 g/mol. The van der Waals surface area contributed by atoms with Crippen LogP contribution in [0.5, 0.6) is 0 Å². The Morgan fingerprint density at radius 1 is 1.19 bits per heavy atom. The maximum atomic E-state index is 12.6. The number of carbonyl (C=O) groups is 3. The second kappa shape index (κ2) is 5.38. The fourth-order valence-electron chi connectivity index (χ4n) is 3.87. The number of carbonyl (C=O) groups excluding carboxylic acids is 2. The van der Waals surface area contributed by atoms with E-state index in [2.05, 4.69) is 0 Å². The first kappa shape index (κ1) is 14.5. The molecule has 2 saturated heterocycles. The van der Waals surface area contributed by atoms with Gasteiger partial charge in [0.2, 0.25) is 11.8 Å². The van der Waals surface area contributed by atoms with Crippen LogP contribution in [0.1, 0.15) is 38.5 Å². The quantitative estimate of drug-likeness (QED) is 0.686. The number of imide groups is 1. The normalized spacial score (nSPS) is 35.1. The van der Waals surface area contributed by atoms with Crippen molar-refractivity contribution in [3.63, 3.8) is 0 Å². The van der Waals surface area contributed by atoms with Crippen LogP contribution in [0.2, 0.25) is 0 Å². The molecule has 2 amide bonds. The summed E-state index contributed by atoms with van der Waals surface area (Å²) in [7, 11) is 0. The number of likely N-dealkylation sites (tertiary alicyclic amines) is 2. The zero-order valence-electron chi connectivity index (χ0n) is 11.8. The predicted molar refractivity (Wildman–Crippen MR) is 71.3 cm³/mol. The first-order valence-electron chi connectivity index (χ1n) is 7.51. The number of carboxylic acid groups (broad SMARTS) is 1. The molecule has 3 aliphatic rings. The van der Waals surface area contributed by atoms with E-state index in [4.69, 9.17) is 0 Å². The third-order valence-corrected chi connectivity index (χ3v) is 4.85. The summed E-state index contributed by atoms with van der Waals surface area (Å²) in [6.45, 7) is 0.138. The number of rotatable bonds is 3. The van der Waals surface area contributed by atoms with Crippen LogP contribution >= 0.6 is 0 Å². The summed E-state index contributed by atoms with van der Waals surface area (Å²) in [5, 5.41) is 18.9. The minimum Gasteiger partial charge on any atom is -0.480 e. The van der Waals surface area contributed by atoms with Gasteiger partial charge in [0.25, 0.3) is 0 Å². The molecule has 0 bridgehead atoms. The summed E-state index contributed by atoms with van der Waals surface area (Å²) in [4.78, 5) is 38.8. The molecular formula is C14H20N2O5. The molecule has 2 aliphatic heterocycles. The summed E-state index contributed by atoms with van der Waals surface area (Å²) in [5.41, 5.74) is 0. The Morgan fingerprint density at radius 2 is 1.86 bits per heavy atom. The molecule has 2 heterocycles. The number of amides is 2. The lowest BCUT2D eigenvalue weighted by molar-refractivity contribution is -0.145. The number of β-amino-alcohol motifs (C(OH)–C–C–N with tert-alkyl or cyclic N) is 1. The molecule has 0 aromatic heterocycles. The zero-order chi connectivity index (χ0) is 15.1. The van der Waals surface area contributed by atoms with E-state index >= 15 is 0 Å². The van der Waals surface area contributed by atoms with Crippen molar-refractivity contribution in [1.29, 1.82) is 0 Å². The number of aliphatic carboxylic acids is 1. The first-order valence-corrected chi connectivity index (χ1v) is 7.51. The van der Waals surface area contributed by atoms with Gasteiger partial charge in [-0.05, 0) is 12.8 Å². The number of carboxylic acids is 1. The van der Waals surface area contributed by atoms with E-state index in [0.29, 0.717) is 0 Å². The Labute approximate surface area is 122 Å². The molecule has 21 heavy (non-hydrogen) atoms. The molecule has 1 aliphatic carbocycles. The van der Waals surface area contributed by atoms with E-state index in [9.17, 15) is 24.6 Å². The molecule has 1 saturated carbocycles. The Balaban J connectivity index is 1.78. The van der Waals surface area contributed by atoms with Gasteiger partial charge in [0, 0.05) is 19.0 Å². The molecule has 0 spiro atoms. The Morgan fingerprint density at radius 3 is 2.48 bits per heavy atom. The molecule has 2 N–H and O–H groups in total. The van der Waals surface area contributed by atoms with Crippen molar-refractivity contribution in [2.24, 2.45) is 0 Å². The minimum atomic E-state index is -1.05. The van der Waals surface area contributed by atoms with Crippen LogP contribution in [-0.4, -0.2) is 68.6 Å². The predicted octanol–water partition coefficient (Wildman–Crippen LogP) is -0.424. The van der Waals surface area contributed by atoms with E-state index in [1.54, 1.807) is 0 Å². The van der Waals surface area contributed by atoms with Crippen molar-refractivity contribution in [1.82, 2.24) is 9.80 Å². The van der Waals surface area contributed by atoms with Gasteiger partial charge < -0.3 is 10.2 Å². The zero-order valence-corrected chi connectivity index (χ0v) is 11.8. The summed E-state index contributed by atoms with van der Waals surface area (Å²) in [5.74, 6) is -1.54. The van der Waals surface area contributed by atoms with Gasteiger partial charge in [-0.3, -0.25) is 24.2 Å². The summed E-state index contributed by atoms with van der Waals surface area (Å²) < 4.78 is 0. The molecule has 7 heteroatoms. The Hall–Kier alpha value is -1.47. The summed E-state index contributed by atoms with van der Waals surface area (Å²) >= 11 is 0. The van der Waals surface area contributed by atoms with Crippen LogP contribution in [0.15, 0.2) is 0 Å². The molecule has 7 nitrogen and oxygen atoms in total. The Kier molecular flexibility index (Phi) is 3.71. The summed E-state index contributed by atoms with van der Waals surface area (Å²) in [6, 6.07) is -1.63. The lowest BCUT2D eigenvalue weighted by Gasteiger charge is -2.27.